The molecule has 5 rings (SSSR count). The number of carbonyl (C=O) groups excluding carboxylic acids is 2. The molecule has 0 saturated heterocycles. The largest absolute Gasteiger partial charge is 0.493 e. The van der Waals surface area contributed by atoms with Crippen molar-refractivity contribution in [3.63, 3.8) is 0 Å². The summed E-state index contributed by atoms with van der Waals surface area (Å²) in [5.41, 5.74) is 1.92. The molecule has 1 saturated carbocycles. The highest BCUT2D eigenvalue weighted by atomic mass is 32.2. The second-order valence-corrected chi connectivity index (χ2v) is 13.4. The Labute approximate surface area is 277 Å². The summed E-state index contributed by atoms with van der Waals surface area (Å²) in [5, 5.41) is 3.19. The molecule has 4 aromatic rings. The van der Waals surface area contributed by atoms with Crippen LogP contribution < -0.4 is 19.1 Å². The maximum Gasteiger partial charge on any atom is 0.264 e. The van der Waals surface area contributed by atoms with Gasteiger partial charge in [-0.2, -0.15) is 0 Å². The van der Waals surface area contributed by atoms with Gasteiger partial charge in [0, 0.05) is 25.1 Å². The number of hydrogen-bond acceptors (Lipinski definition) is 6. The maximum atomic E-state index is 14.6. The number of nitrogens with one attached hydrogen (secondary N) is 1. The van der Waals surface area contributed by atoms with Crippen molar-refractivity contribution in [2.45, 2.75) is 55.6 Å². The first kappa shape index (κ1) is 33.5. The van der Waals surface area contributed by atoms with Gasteiger partial charge in [-0.25, -0.2) is 8.42 Å². The number of hydrogen-bond donors (Lipinski definition) is 1. The highest BCUT2D eigenvalue weighted by Crippen LogP contribution is 2.34. The molecule has 0 bridgehead atoms. The summed E-state index contributed by atoms with van der Waals surface area (Å²) in [6, 6.07) is 30.8. The molecule has 0 radical (unpaired) electrons. The number of rotatable bonds is 14. The van der Waals surface area contributed by atoms with Crippen LogP contribution in [0.3, 0.4) is 0 Å². The van der Waals surface area contributed by atoms with Gasteiger partial charge in [0.1, 0.15) is 12.6 Å². The van der Waals surface area contributed by atoms with Gasteiger partial charge in [-0.1, -0.05) is 91.7 Å². The normalized spacial score (nSPS) is 13.8. The van der Waals surface area contributed by atoms with Crippen molar-refractivity contribution in [1.29, 1.82) is 0 Å². The Kier molecular flexibility index (Phi) is 11.2. The number of carbonyl (C=O) groups is 2. The van der Waals surface area contributed by atoms with Crippen molar-refractivity contribution in [3.8, 4) is 11.5 Å². The van der Waals surface area contributed by atoms with E-state index in [1.165, 1.54) is 37.3 Å². The first-order chi connectivity index (χ1) is 22.8. The minimum Gasteiger partial charge on any atom is -0.493 e. The van der Waals surface area contributed by atoms with Crippen LogP contribution in [0.4, 0.5) is 5.69 Å². The van der Waals surface area contributed by atoms with Crippen molar-refractivity contribution in [3.05, 3.63) is 120 Å². The molecule has 1 unspecified atom stereocenters. The molecule has 2 amide bonds. The van der Waals surface area contributed by atoms with E-state index >= 15 is 0 Å². The lowest BCUT2D eigenvalue weighted by Gasteiger charge is -2.34. The lowest BCUT2D eigenvalue weighted by Crippen LogP contribution is -2.54. The molecule has 10 heteroatoms. The Morgan fingerprint density at radius 1 is 0.787 bits per heavy atom. The summed E-state index contributed by atoms with van der Waals surface area (Å²) < 4.78 is 40.4. The van der Waals surface area contributed by atoms with Crippen LogP contribution in [-0.2, 0) is 32.6 Å². The van der Waals surface area contributed by atoms with Crippen molar-refractivity contribution in [2.24, 2.45) is 0 Å². The Morgan fingerprint density at radius 3 is 1.96 bits per heavy atom. The number of anilines is 1. The molecule has 0 aromatic heterocycles. The fraction of sp³-hybridized carbons (Fsp3) is 0.297. The second-order valence-electron chi connectivity index (χ2n) is 11.6. The molecule has 0 heterocycles. The standard InChI is InChI=1S/C37H41N3O6S/c1-45-34-23-22-31(25-35(34)46-2)40(47(43,44)32-20-10-5-11-21-32)27-36(41)39(26-29-16-8-4-9-17-29)33(24-28-14-6-3-7-15-28)37(42)38-30-18-12-13-19-30/h3-11,14-17,20-23,25,30,33H,12-13,18-19,24,26-27H2,1-2H3,(H,38,42). The van der Waals surface area contributed by atoms with Gasteiger partial charge in [-0.05, 0) is 48.2 Å². The Balaban J connectivity index is 1.57. The molecule has 9 nitrogen and oxygen atoms in total. The smallest absolute Gasteiger partial charge is 0.264 e. The van der Waals surface area contributed by atoms with Crippen LogP contribution >= 0.6 is 0 Å². The van der Waals surface area contributed by atoms with Crippen LogP contribution in [0.1, 0.15) is 36.8 Å². The first-order valence-corrected chi connectivity index (χ1v) is 17.2. The molecule has 1 aliphatic carbocycles. The summed E-state index contributed by atoms with van der Waals surface area (Å²) in [4.78, 5) is 30.3. The van der Waals surface area contributed by atoms with Gasteiger partial charge >= 0.3 is 0 Å². The molecule has 0 aliphatic heterocycles. The predicted octanol–water partition coefficient (Wildman–Crippen LogP) is 5.60. The number of sulfonamides is 1. The monoisotopic (exact) mass is 655 g/mol. The fourth-order valence-corrected chi connectivity index (χ4v) is 7.36. The summed E-state index contributed by atoms with van der Waals surface area (Å²) in [5.74, 6) is -0.0548. The molecule has 4 aromatic carbocycles. The molecule has 47 heavy (non-hydrogen) atoms. The fourth-order valence-electron chi connectivity index (χ4n) is 5.93. The van der Waals surface area contributed by atoms with Crippen molar-refractivity contribution in [2.75, 3.05) is 25.1 Å². The van der Waals surface area contributed by atoms with Crippen LogP contribution in [0, 0.1) is 0 Å². The SMILES string of the molecule is COc1ccc(N(CC(=O)N(Cc2ccccc2)C(Cc2ccccc2)C(=O)NC2CCCC2)S(=O)(=O)c2ccccc2)cc1OC. The molecule has 1 N–H and O–H groups in total. The average molecular weight is 656 g/mol. The number of nitrogens with zero attached hydrogens (tertiary/aromatic N) is 2. The van der Waals surface area contributed by atoms with Gasteiger partial charge in [0.25, 0.3) is 10.0 Å². The molecular weight excluding hydrogens is 614 g/mol. The first-order valence-electron chi connectivity index (χ1n) is 15.8. The maximum absolute atomic E-state index is 14.6. The minimum atomic E-state index is -4.23. The van der Waals surface area contributed by atoms with E-state index in [0.717, 1.165) is 41.1 Å². The van der Waals surface area contributed by atoms with Crippen molar-refractivity contribution in [1.82, 2.24) is 10.2 Å². The second kappa shape index (κ2) is 15.6. The average Bonchev–Trinajstić information content (AvgIpc) is 3.62. The molecule has 0 spiro atoms. The predicted molar refractivity (Wildman–Crippen MR) is 182 cm³/mol. The lowest BCUT2D eigenvalue weighted by atomic mass is 10.0. The third-order valence-corrected chi connectivity index (χ3v) is 10.2. The number of methoxy groups -OCH3 is 2. The third-order valence-electron chi connectivity index (χ3n) is 8.43. The van der Waals surface area contributed by atoms with E-state index in [2.05, 4.69) is 5.32 Å². The summed E-state index contributed by atoms with van der Waals surface area (Å²) in [7, 11) is -1.28. The Bertz CT molecular complexity index is 1730. The van der Waals surface area contributed by atoms with Gasteiger partial charge < -0.3 is 19.7 Å². The number of benzene rings is 4. The van der Waals surface area contributed by atoms with Crippen LogP contribution in [0.25, 0.3) is 0 Å². The lowest BCUT2D eigenvalue weighted by molar-refractivity contribution is -0.140. The van der Waals surface area contributed by atoms with Gasteiger partial charge in [-0.15, -0.1) is 0 Å². The summed E-state index contributed by atoms with van der Waals surface area (Å²) in [6.07, 6.45) is 4.12. The zero-order chi connectivity index (χ0) is 33.2. The quantitative estimate of drug-likeness (QED) is 0.190. The zero-order valence-corrected chi connectivity index (χ0v) is 27.6. The van der Waals surface area contributed by atoms with Crippen LogP contribution in [0.5, 0.6) is 11.5 Å². The zero-order valence-electron chi connectivity index (χ0n) is 26.7. The molecule has 1 fully saturated rings. The van der Waals surface area contributed by atoms with Crippen molar-refractivity contribution < 1.29 is 27.5 Å². The van der Waals surface area contributed by atoms with Crippen LogP contribution in [0.15, 0.2) is 114 Å². The minimum absolute atomic E-state index is 0.0250. The van der Waals surface area contributed by atoms with Crippen LogP contribution in [0.2, 0.25) is 0 Å². The number of amides is 2. The molecule has 1 aliphatic rings. The summed E-state index contributed by atoms with van der Waals surface area (Å²) >= 11 is 0. The highest BCUT2D eigenvalue weighted by Gasteiger charge is 2.35. The topological polar surface area (TPSA) is 105 Å². The molecule has 1 atom stereocenters. The Morgan fingerprint density at radius 2 is 1.36 bits per heavy atom. The highest BCUT2D eigenvalue weighted by molar-refractivity contribution is 7.92. The number of ether oxygens (including phenoxy) is 2. The van der Waals surface area contributed by atoms with E-state index in [4.69, 9.17) is 9.47 Å². The van der Waals surface area contributed by atoms with Crippen LogP contribution in [-0.4, -0.2) is 58.0 Å². The third kappa shape index (κ3) is 8.31. The summed E-state index contributed by atoms with van der Waals surface area (Å²) in [6.45, 7) is -0.442. The molecular formula is C37H41N3O6S. The van der Waals surface area contributed by atoms with E-state index in [0.29, 0.717) is 11.5 Å². The van der Waals surface area contributed by atoms with E-state index in [9.17, 15) is 18.0 Å². The molecule has 246 valence electrons. The van der Waals surface area contributed by atoms with E-state index in [1.54, 1.807) is 30.3 Å². The van der Waals surface area contributed by atoms with Crippen molar-refractivity contribution >= 4 is 27.5 Å². The van der Waals surface area contributed by atoms with E-state index in [1.807, 2.05) is 60.7 Å². The van der Waals surface area contributed by atoms with Gasteiger partial charge in [0.05, 0.1) is 24.8 Å². The van der Waals surface area contributed by atoms with Gasteiger partial charge in [-0.3, -0.25) is 13.9 Å². The van der Waals surface area contributed by atoms with E-state index < -0.39 is 28.5 Å². The van der Waals surface area contributed by atoms with Gasteiger partial charge in [0.15, 0.2) is 11.5 Å². The van der Waals surface area contributed by atoms with Gasteiger partial charge in [0.2, 0.25) is 11.8 Å². The Hall–Kier alpha value is -4.83. The van der Waals surface area contributed by atoms with E-state index in [-0.39, 0.29) is 35.5 Å².